The van der Waals surface area contributed by atoms with Gasteiger partial charge in [0.15, 0.2) is 0 Å². The van der Waals surface area contributed by atoms with Crippen molar-refractivity contribution in [3.8, 4) is 0 Å². The van der Waals surface area contributed by atoms with Crippen molar-refractivity contribution in [3.63, 3.8) is 0 Å². The zero-order chi connectivity index (χ0) is 14.1. The van der Waals surface area contributed by atoms with E-state index in [1.165, 1.54) is 17.5 Å². The van der Waals surface area contributed by atoms with Crippen LogP contribution in [0.15, 0.2) is 24.3 Å². The molecule has 102 valence electrons. The van der Waals surface area contributed by atoms with E-state index in [1.54, 1.807) is 6.92 Å². The quantitative estimate of drug-likeness (QED) is 0.846. The van der Waals surface area contributed by atoms with Crippen molar-refractivity contribution in [2.24, 2.45) is 5.92 Å². The van der Waals surface area contributed by atoms with Gasteiger partial charge in [-0.15, -0.1) is 0 Å². The SMILES string of the molecule is CCC(C)C(=O)O.CCC(C)c1ccc(C)cc1. The van der Waals surface area contributed by atoms with Crippen LogP contribution in [0.1, 0.15) is 57.6 Å². The highest BCUT2D eigenvalue weighted by Crippen LogP contribution is 2.18. The van der Waals surface area contributed by atoms with Gasteiger partial charge in [-0.25, -0.2) is 0 Å². The summed E-state index contributed by atoms with van der Waals surface area (Å²) in [5, 5.41) is 8.18. The average Bonchev–Trinajstić information content (AvgIpc) is 2.38. The fourth-order valence-electron chi connectivity index (χ4n) is 1.31. The highest BCUT2D eigenvalue weighted by atomic mass is 16.4. The van der Waals surface area contributed by atoms with E-state index in [1.807, 2.05) is 6.92 Å². The molecule has 0 radical (unpaired) electrons. The minimum absolute atomic E-state index is 0.181. The highest BCUT2D eigenvalue weighted by Gasteiger charge is 2.05. The summed E-state index contributed by atoms with van der Waals surface area (Å²) in [6, 6.07) is 8.82. The molecule has 2 heteroatoms. The predicted molar refractivity (Wildman–Crippen MR) is 77.0 cm³/mol. The lowest BCUT2D eigenvalue weighted by atomic mass is 9.98. The van der Waals surface area contributed by atoms with Gasteiger partial charge in [0.05, 0.1) is 5.92 Å². The Bertz CT molecular complexity index is 341. The Labute approximate surface area is 111 Å². The van der Waals surface area contributed by atoms with Gasteiger partial charge < -0.3 is 5.11 Å². The van der Waals surface area contributed by atoms with Gasteiger partial charge in [0.2, 0.25) is 0 Å². The summed E-state index contributed by atoms with van der Waals surface area (Å²) in [7, 11) is 0. The van der Waals surface area contributed by atoms with Crippen molar-refractivity contribution >= 4 is 5.97 Å². The van der Waals surface area contributed by atoms with E-state index in [2.05, 4.69) is 45.0 Å². The molecule has 18 heavy (non-hydrogen) atoms. The molecule has 0 fully saturated rings. The zero-order valence-corrected chi connectivity index (χ0v) is 12.2. The molecule has 2 nitrogen and oxygen atoms in total. The number of carboxylic acid groups (broad SMARTS) is 1. The Kier molecular flexibility index (Phi) is 8.10. The molecule has 0 aliphatic heterocycles. The van der Waals surface area contributed by atoms with Gasteiger partial charge in [0, 0.05) is 0 Å². The van der Waals surface area contributed by atoms with E-state index in [4.69, 9.17) is 5.11 Å². The third-order valence-electron chi connectivity index (χ3n) is 3.29. The Morgan fingerprint density at radius 2 is 1.61 bits per heavy atom. The molecule has 0 saturated carbocycles. The van der Waals surface area contributed by atoms with Crippen LogP contribution in [-0.2, 0) is 4.79 Å². The normalized spacial score (nSPS) is 13.2. The summed E-state index contributed by atoms with van der Waals surface area (Å²) in [6.07, 6.45) is 1.94. The molecule has 2 atom stereocenters. The second-order valence-electron chi connectivity index (χ2n) is 4.87. The molecule has 0 amide bonds. The molecule has 0 aliphatic carbocycles. The first-order chi connectivity index (χ1) is 8.42. The van der Waals surface area contributed by atoms with Crippen LogP contribution in [0.2, 0.25) is 0 Å². The van der Waals surface area contributed by atoms with Gasteiger partial charge >= 0.3 is 5.97 Å². The summed E-state index contributed by atoms with van der Waals surface area (Å²) in [6.45, 7) is 10.2. The lowest BCUT2D eigenvalue weighted by Gasteiger charge is -2.07. The topological polar surface area (TPSA) is 37.3 Å². The highest BCUT2D eigenvalue weighted by molar-refractivity contribution is 5.69. The molecular formula is C16H26O2. The van der Waals surface area contributed by atoms with Crippen LogP contribution < -0.4 is 0 Å². The fourth-order valence-corrected chi connectivity index (χ4v) is 1.31. The van der Waals surface area contributed by atoms with Crippen LogP contribution in [0.5, 0.6) is 0 Å². The Morgan fingerprint density at radius 1 is 1.11 bits per heavy atom. The molecule has 1 aromatic rings. The second kappa shape index (κ2) is 8.73. The van der Waals surface area contributed by atoms with E-state index in [0.717, 1.165) is 6.42 Å². The van der Waals surface area contributed by atoms with Gasteiger partial charge in [-0.2, -0.15) is 0 Å². The molecular weight excluding hydrogens is 224 g/mol. The summed E-state index contributed by atoms with van der Waals surface area (Å²) in [5.41, 5.74) is 2.80. The number of hydrogen-bond acceptors (Lipinski definition) is 1. The number of carboxylic acids is 1. The lowest BCUT2D eigenvalue weighted by molar-refractivity contribution is -0.141. The van der Waals surface area contributed by atoms with Gasteiger partial charge in [-0.05, 0) is 31.2 Å². The minimum Gasteiger partial charge on any atom is -0.481 e. The molecule has 0 saturated heterocycles. The maximum atomic E-state index is 9.93. The first-order valence-electron chi connectivity index (χ1n) is 6.71. The maximum Gasteiger partial charge on any atom is 0.306 e. The first kappa shape index (κ1) is 16.7. The van der Waals surface area contributed by atoms with Crippen molar-refractivity contribution in [3.05, 3.63) is 35.4 Å². The molecule has 0 aliphatic rings. The monoisotopic (exact) mass is 250 g/mol. The summed E-state index contributed by atoms with van der Waals surface area (Å²) >= 11 is 0. The summed E-state index contributed by atoms with van der Waals surface area (Å²) < 4.78 is 0. The largest absolute Gasteiger partial charge is 0.481 e. The van der Waals surface area contributed by atoms with Gasteiger partial charge in [0.25, 0.3) is 0 Å². The molecule has 0 bridgehead atoms. The van der Waals surface area contributed by atoms with E-state index in [-0.39, 0.29) is 5.92 Å². The van der Waals surface area contributed by atoms with E-state index < -0.39 is 5.97 Å². The van der Waals surface area contributed by atoms with Crippen molar-refractivity contribution < 1.29 is 9.90 Å². The molecule has 1 aromatic carbocycles. The van der Waals surface area contributed by atoms with Crippen molar-refractivity contribution in [1.29, 1.82) is 0 Å². The number of aryl methyl sites for hydroxylation is 1. The van der Waals surface area contributed by atoms with Crippen LogP contribution in [0.25, 0.3) is 0 Å². The number of rotatable bonds is 4. The number of aliphatic carboxylic acids is 1. The average molecular weight is 250 g/mol. The molecule has 1 rings (SSSR count). The third-order valence-corrected chi connectivity index (χ3v) is 3.29. The van der Waals surface area contributed by atoms with Gasteiger partial charge in [-0.1, -0.05) is 57.5 Å². The molecule has 0 aromatic heterocycles. The van der Waals surface area contributed by atoms with Crippen LogP contribution in [0.3, 0.4) is 0 Å². The maximum absolute atomic E-state index is 9.93. The van der Waals surface area contributed by atoms with Gasteiger partial charge in [-0.3, -0.25) is 4.79 Å². The standard InChI is InChI=1S/C11H16.C5H10O2/c1-4-10(3)11-7-5-9(2)6-8-11;1-3-4(2)5(6)7/h5-8,10H,4H2,1-3H3;4H,3H2,1-2H3,(H,6,7). The summed E-state index contributed by atoms with van der Waals surface area (Å²) in [4.78, 5) is 9.93. The second-order valence-corrected chi connectivity index (χ2v) is 4.87. The van der Waals surface area contributed by atoms with Crippen LogP contribution >= 0.6 is 0 Å². The third kappa shape index (κ3) is 6.43. The molecule has 2 unspecified atom stereocenters. The Morgan fingerprint density at radius 3 is 1.89 bits per heavy atom. The fraction of sp³-hybridized carbons (Fsp3) is 0.562. The Balaban J connectivity index is 0.000000360. The summed E-state index contributed by atoms with van der Waals surface area (Å²) in [5.74, 6) is -0.182. The Hall–Kier alpha value is -1.31. The predicted octanol–water partition coefficient (Wildman–Crippen LogP) is 4.63. The van der Waals surface area contributed by atoms with E-state index in [0.29, 0.717) is 5.92 Å². The number of carbonyl (C=O) groups is 1. The molecule has 0 spiro atoms. The van der Waals surface area contributed by atoms with Crippen molar-refractivity contribution in [2.45, 2.75) is 53.4 Å². The van der Waals surface area contributed by atoms with Gasteiger partial charge in [0.1, 0.15) is 0 Å². The minimum atomic E-state index is -0.706. The number of hydrogen-bond donors (Lipinski definition) is 1. The smallest absolute Gasteiger partial charge is 0.306 e. The van der Waals surface area contributed by atoms with Crippen LogP contribution in [0, 0.1) is 12.8 Å². The van der Waals surface area contributed by atoms with Crippen molar-refractivity contribution in [1.82, 2.24) is 0 Å². The van der Waals surface area contributed by atoms with Crippen LogP contribution in [0.4, 0.5) is 0 Å². The number of benzene rings is 1. The van der Waals surface area contributed by atoms with Crippen molar-refractivity contribution in [2.75, 3.05) is 0 Å². The van der Waals surface area contributed by atoms with E-state index >= 15 is 0 Å². The molecule has 0 heterocycles. The lowest BCUT2D eigenvalue weighted by Crippen LogP contribution is -2.06. The van der Waals surface area contributed by atoms with E-state index in [9.17, 15) is 4.79 Å². The first-order valence-corrected chi connectivity index (χ1v) is 6.71. The zero-order valence-electron chi connectivity index (χ0n) is 12.2. The van der Waals surface area contributed by atoms with Crippen LogP contribution in [-0.4, -0.2) is 11.1 Å². The molecule has 1 N–H and O–H groups in total.